The molecule has 0 heterocycles. The van der Waals surface area contributed by atoms with Crippen molar-refractivity contribution >= 4 is 33.3 Å². The van der Waals surface area contributed by atoms with Crippen molar-refractivity contribution in [3.63, 3.8) is 0 Å². The standard InChI is InChI=1S/C12H16BrN3O4/c1-3-12(2,7-17)15-11(18)14-8-4-5-9(13)10(6-8)16(19)20/h4-6,17H,3,7H2,1-2H3,(H2,14,15,18). The van der Waals surface area contributed by atoms with Gasteiger partial charge in [-0.2, -0.15) is 0 Å². The average Bonchev–Trinajstić information content (AvgIpc) is 2.40. The zero-order chi connectivity index (χ0) is 15.3. The van der Waals surface area contributed by atoms with Gasteiger partial charge in [0, 0.05) is 11.8 Å². The third kappa shape index (κ3) is 4.17. The number of aliphatic hydroxyl groups is 1. The van der Waals surface area contributed by atoms with Crippen LogP contribution in [0.2, 0.25) is 0 Å². The molecule has 1 atom stereocenters. The summed E-state index contributed by atoms with van der Waals surface area (Å²) in [5.74, 6) is 0. The van der Waals surface area contributed by atoms with E-state index in [-0.39, 0.29) is 12.3 Å². The highest BCUT2D eigenvalue weighted by atomic mass is 79.9. The lowest BCUT2D eigenvalue weighted by Gasteiger charge is -2.27. The van der Waals surface area contributed by atoms with Gasteiger partial charge in [-0.25, -0.2) is 4.79 Å². The first-order chi connectivity index (χ1) is 9.31. The van der Waals surface area contributed by atoms with Gasteiger partial charge in [0.15, 0.2) is 0 Å². The van der Waals surface area contributed by atoms with Crippen molar-refractivity contribution in [3.05, 3.63) is 32.8 Å². The maximum Gasteiger partial charge on any atom is 0.319 e. The largest absolute Gasteiger partial charge is 0.394 e. The zero-order valence-corrected chi connectivity index (χ0v) is 12.7. The number of benzene rings is 1. The van der Waals surface area contributed by atoms with Crippen molar-refractivity contribution in [2.45, 2.75) is 25.8 Å². The molecule has 0 aliphatic carbocycles. The highest BCUT2D eigenvalue weighted by Crippen LogP contribution is 2.27. The number of nitrogens with one attached hydrogen (secondary N) is 2. The van der Waals surface area contributed by atoms with Crippen LogP contribution in [0.4, 0.5) is 16.2 Å². The minimum absolute atomic E-state index is 0.136. The number of anilines is 1. The molecule has 1 rings (SSSR count). The van der Waals surface area contributed by atoms with Crippen molar-refractivity contribution in [2.75, 3.05) is 11.9 Å². The number of aliphatic hydroxyl groups excluding tert-OH is 1. The molecule has 1 aromatic rings. The smallest absolute Gasteiger partial charge is 0.319 e. The third-order valence-corrected chi connectivity index (χ3v) is 3.62. The monoisotopic (exact) mass is 345 g/mol. The van der Waals surface area contributed by atoms with Gasteiger partial charge >= 0.3 is 6.03 Å². The van der Waals surface area contributed by atoms with E-state index in [4.69, 9.17) is 0 Å². The Labute approximate surface area is 124 Å². The number of nitro groups is 1. The molecule has 0 spiro atoms. The van der Waals surface area contributed by atoms with Crippen LogP contribution < -0.4 is 10.6 Å². The normalized spacial score (nSPS) is 13.4. The number of hydrogen-bond donors (Lipinski definition) is 3. The first kappa shape index (κ1) is 16.4. The lowest BCUT2D eigenvalue weighted by Crippen LogP contribution is -2.50. The summed E-state index contributed by atoms with van der Waals surface area (Å²) in [6.45, 7) is 3.34. The molecule has 0 aliphatic rings. The van der Waals surface area contributed by atoms with Crippen molar-refractivity contribution in [3.8, 4) is 0 Å². The average molecular weight is 346 g/mol. The molecule has 7 nitrogen and oxygen atoms in total. The van der Waals surface area contributed by atoms with Crippen LogP contribution >= 0.6 is 15.9 Å². The molecule has 0 aromatic heterocycles. The lowest BCUT2D eigenvalue weighted by molar-refractivity contribution is -0.385. The molecular formula is C12H16BrN3O4. The molecule has 110 valence electrons. The van der Waals surface area contributed by atoms with Gasteiger partial charge in [-0.1, -0.05) is 6.92 Å². The Bertz CT molecular complexity index is 517. The first-order valence-corrected chi connectivity index (χ1v) is 6.74. The van der Waals surface area contributed by atoms with Gasteiger partial charge in [0.25, 0.3) is 5.69 Å². The summed E-state index contributed by atoms with van der Waals surface area (Å²) >= 11 is 3.07. The zero-order valence-electron chi connectivity index (χ0n) is 11.1. The van der Waals surface area contributed by atoms with Crippen LogP contribution in [0.3, 0.4) is 0 Å². The van der Waals surface area contributed by atoms with Crippen LogP contribution in [0.15, 0.2) is 22.7 Å². The molecular weight excluding hydrogens is 330 g/mol. The SMILES string of the molecule is CCC(C)(CO)NC(=O)Nc1ccc(Br)c([N+](=O)[O-])c1. The molecule has 8 heteroatoms. The fraction of sp³-hybridized carbons (Fsp3) is 0.417. The number of carbonyl (C=O) groups excluding carboxylic acids is 1. The van der Waals surface area contributed by atoms with Gasteiger partial charge in [-0.15, -0.1) is 0 Å². The quantitative estimate of drug-likeness (QED) is 0.563. The molecule has 0 aliphatic heterocycles. The van der Waals surface area contributed by atoms with E-state index in [1.54, 1.807) is 13.0 Å². The van der Waals surface area contributed by atoms with E-state index in [1.807, 2.05) is 6.92 Å². The van der Waals surface area contributed by atoms with E-state index >= 15 is 0 Å². The van der Waals surface area contributed by atoms with E-state index in [1.165, 1.54) is 12.1 Å². The van der Waals surface area contributed by atoms with Gasteiger partial charge in [0.05, 0.1) is 21.5 Å². The van der Waals surface area contributed by atoms with Crippen LogP contribution in [0.25, 0.3) is 0 Å². The maximum atomic E-state index is 11.8. The van der Waals surface area contributed by atoms with E-state index in [2.05, 4.69) is 26.6 Å². The molecule has 1 unspecified atom stereocenters. The van der Waals surface area contributed by atoms with Gasteiger partial charge in [-0.3, -0.25) is 10.1 Å². The molecule has 3 N–H and O–H groups in total. The fourth-order valence-electron chi connectivity index (χ4n) is 1.41. The second-order valence-corrected chi connectivity index (χ2v) is 5.43. The number of rotatable bonds is 5. The minimum Gasteiger partial charge on any atom is -0.394 e. The topological polar surface area (TPSA) is 104 Å². The van der Waals surface area contributed by atoms with E-state index in [9.17, 15) is 20.0 Å². The maximum absolute atomic E-state index is 11.8. The van der Waals surface area contributed by atoms with Crippen LogP contribution in [0.1, 0.15) is 20.3 Å². The molecule has 0 saturated heterocycles. The minimum atomic E-state index is -0.731. The Morgan fingerprint density at radius 1 is 1.55 bits per heavy atom. The number of halogens is 1. The van der Waals surface area contributed by atoms with Gasteiger partial charge in [0.1, 0.15) is 0 Å². The van der Waals surface area contributed by atoms with Gasteiger partial charge in [-0.05, 0) is 41.4 Å². The number of carbonyl (C=O) groups is 1. The summed E-state index contributed by atoms with van der Waals surface area (Å²) in [5.41, 5.74) is -0.567. The Morgan fingerprint density at radius 3 is 2.70 bits per heavy atom. The third-order valence-electron chi connectivity index (χ3n) is 2.95. The molecule has 2 amide bonds. The lowest BCUT2D eigenvalue weighted by atomic mass is 10.0. The molecule has 1 aromatic carbocycles. The van der Waals surface area contributed by atoms with Gasteiger partial charge < -0.3 is 15.7 Å². The number of hydrogen-bond acceptors (Lipinski definition) is 4. The van der Waals surface area contributed by atoms with E-state index in [0.717, 1.165) is 0 Å². The van der Waals surface area contributed by atoms with E-state index < -0.39 is 16.5 Å². The Balaban J connectivity index is 2.81. The van der Waals surface area contributed by atoms with Crippen molar-refractivity contribution in [1.82, 2.24) is 5.32 Å². The summed E-state index contributed by atoms with van der Waals surface area (Å²) in [7, 11) is 0. The highest BCUT2D eigenvalue weighted by molar-refractivity contribution is 9.10. The fourth-order valence-corrected chi connectivity index (χ4v) is 1.80. The molecule has 0 fully saturated rings. The second kappa shape index (κ2) is 6.67. The van der Waals surface area contributed by atoms with Crippen LogP contribution in [0.5, 0.6) is 0 Å². The molecule has 0 saturated carbocycles. The Morgan fingerprint density at radius 2 is 2.20 bits per heavy atom. The predicted molar refractivity (Wildman–Crippen MR) is 78.7 cm³/mol. The van der Waals surface area contributed by atoms with Crippen LogP contribution in [-0.2, 0) is 0 Å². The van der Waals surface area contributed by atoms with E-state index in [0.29, 0.717) is 16.6 Å². The van der Waals surface area contributed by atoms with Crippen molar-refractivity contribution in [2.24, 2.45) is 0 Å². The summed E-state index contributed by atoms with van der Waals surface area (Å²) in [5, 5.41) is 25.1. The Hall–Kier alpha value is -1.67. The molecule has 20 heavy (non-hydrogen) atoms. The highest BCUT2D eigenvalue weighted by Gasteiger charge is 2.23. The number of urea groups is 1. The first-order valence-electron chi connectivity index (χ1n) is 5.95. The number of amides is 2. The van der Waals surface area contributed by atoms with Crippen LogP contribution in [-0.4, -0.2) is 28.2 Å². The van der Waals surface area contributed by atoms with Crippen LogP contribution in [0, 0.1) is 10.1 Å². The summed E-state index contributed by atoms with van der Waals surface area (Å²) in [6, 6.07) is 3.75. The van der Waals surface area contributed by atoms with Gasteiger partial charge in [0.2, 0.25) is 0 Å². The molecule has 0 bridgehead atoms. The van der Waals surface area contributed by atoms with Crippen molar-refractivity contribution < 1.29 is 14.8 Å². The second-order valence-electron chi connectivity index (χ2n) is 4.57. The van der Waals surface area contributed by atoms with Crippen molar-refractivity contribution in [1.29, 1.82) is 0 Å². The summed E-state index contributed by atoms with van der Waals surface area (Å²) in [4.78, 5) is 22.0. The Kier molecular flexibility index (Phi) is 5.46. The number of nitro benzene ring substituents is 1. The molecule has 0 radical (unpaired) electrons. The summed E-state index contributed by atoms with van der Waals surface area (Å²) < 4.78 is 0.335. The summed E-state index contributed by atoms with van der Waals surface area (Å²) in [6.07, 6.45) is 0.553. The predicted octanol–water partition coefficient (Wildman–Crippen LogP) is 2.64. The number of nitrogens with zero attached hydrogens (tertiary/aromatic N) is 1.